The van der Waals surface area contributed by atoms with Crippen molar-refractivity contribution in [2.24, 2.45) is 11.8 Å². The number of likely N-dealkylation sites (tertiary alicyclic amines) is 1. The molecule has 3 heterocycles. The number of hydrogen-bond donors (Lipinski definition) is 1. The molecule has 1 N–H and O–H groups in total. The van der Waals surface area contributed by atoms with Crippen LogP contribution >= 0.6 is 0 Å². The van der Waals surface area contributed by atoms with E-state index in [4.69, 9.17) is 9.47 Å². The monoisotopic (exact) mass is 626 g/mol. The van der Waals surface area contributed by atoms with Crippen molar-refractivity contribution >= 4 is 12.2 Å². The molecule has 260 valence electrons. The van der Waals surface area contributed by atoms with Crippen LogP contribution in [0, 0.1) is 11.8 Å². The molecule has 3 saturated heterocycles. The molecule has 0 radical (unpaired) electrons. The summed E-state index contributed by atoms with van der Waals surface area (Å²) in [5.74, 6) is 1.17. The average Bonchev–Trinajstić information content (AvgIpc) is 2.81. The minimum absolute atomic E-state index is 0.166. The van der Waals surface area contributed by atoms with Crippen molar-refractivity contribution in [2.45, 2.75) is 165 Å². The third kappa shape index (κ3) is 14.2. The summed E-state index contributed by atoms with van der Waals surface area (Å²) in [4.78, 5) is 32.6. The average molecular weight is 626 g/mol. The number of rotatable bonds is 2. The van der Waals surface area contributed by atoms with E-state index in [-0.39, 0.29) is 17.8 Å². The Balaban J connectivity index is 0.000000339. The molecule has 3 aliphatic rings. The van der Waals surface area contributed by atoms with Crippen molar-refractivity contribution in [3.63, 3.8) is 0 Å². The number of nitrogens with zero attached hydrogens (tertiary/aromatic N) is 4. The van der Waals surface area contributed by atoms with Crippen LogP contribution in [0.3, 0.4) is 0 Å². The van der Waals surface area contributed by atoms with Gasteiger partial charge in [-0.15, -0.1) is 0 Å². The number of carbonyl (C=O) groups is 2. The molecule has 0 aliphatic carbocycles. The topological polar surface area (TPSA) is 77.6 Å². The lowest BCUT2D eigenvalue weighted by Crippen LogP contribution is -2.60. The van der Waals surface area contributed by atoms with Crippen LogP contribution in [-0.4, -0.2) is 119 Å². The normalized spacial score (nSPS) is 29.0. The highest BCUT2D eigenvalue weighted by Crippen LogP contribution is 2.23. The Morgan fingerprint density at radius 1 is 0.591 bits per heavy atom. The van der Waals surface area contributed by atoms with Crippen LogP contribution in [0.2, 0.25) is 0 Å². The summed E-state index contributed by atoms with van der Waals surface area (Å²) in [7, 11) is 0. The largest absolute Gasteiger partial charge is 0.444 e. The molecule has 3 rings (SSSR count). The van der Waals surface area contributed by atoms with Crippen LogP contribution in [0.15, 0.2) is 0 Å². The molecule has 9 nitrogen and oxygen atoms in total. The lowest BCUT2D eigenvalue weighted by atomic mass is 9.92. The van der Waals surface area contributed by atoms with Gasteiger partial charge in [-0.05, 0) is 115 Å². The van der Waals surface area contributed by atoms with Crippen LogP contribution in [0.25, 0.3) is 0 Å². The molecule has 0 bridgehead atoms. The molecule has 0 spiro atoms. The number of piperazine rings is 2. The maximum Gasteiger partial charge on any atom is 0.410 e. The smallest absolute Gasteiger partial charge is 0.410 e. The van der Waals surface area contributed by atoms with Crippen LogP contribution in [0.4, 0.5) is 9.59 Å². The predicted molar refractivity (Wildman–Crippen MR) is 183 cm³/mol. The second-order valence-corrected chi connectivity index (χ2v) is 16.4. The lowest BCUT2D eigenvalue weighted by molar-refractivity contribution is -0.0160. The summed E-state index contributed by atoms with van der Waals surface area (Å²) < 4.78 is 10.8. The van der Waals surface area contributed by atoms with Crippen molar-refractivity contribution < 1.29 is 19.1 Å². The number of nitrogens with one attached hydrogen (secondary N) is 1. The zero-order valence-electron chi connectivity index (χ0n) is 31.5. The first kappa shape index (κ1) is 40.4. The molecule has 2 amide bonds. The van der Waals surface area contributed by atoms with Gasteiger partial charge in [0.05, 0.1) is 0 Å². The van der Waals surface area contributed by atoms with Crippen molar-refractivity contribution in [3.8, 4) is 0 Å². The molecular weight excluding hydrogens is 554 g/mol. The molecule has 9 heteroatoms. The molecular formula is C35H71N5O4. The fourth-order valence-electron chi connectivity index (χ4n) is 7.13. The number of carbonyl (C=O) groups excluding carboxylic acids is 2. The highest BCUT2D eigenvalue weighted by molar-refractivity contribution is 5.68. The van der Waals surface area contributed by atoms with Gasteiger partial charge < -0.3 is 24.6 Å². The Bertz CT molecular complexity index is 836. The Hall–Kier alpha value is -1.58. The second kappa shape index (κ2) is 17.4. The standard InChI is InChI=1S/C14H28N2O2.C12H23NO2.C9H20N2/c1-10(2)16-11(3)8-15(9-12(16)4)13(17)18-14(5,6)7;1-9-6-10(2)8-13(7-9)11(14)15-12(3,4)5;1-7(2)11-8(3)5-10-6-9(11)4/h10-12H,8-9H2,1-7H3;9-10H,6-8H2,1-5H3;7-10H,5-6H2,1-4H3/t11-,12-;9-,10-;8-,9-/m010/s1. The molecule has 0 unspecified atom stereocenters. The van der Waals surface area contributed by atoms with E-state index in [1.165, 1.54) is 6.42 Å². The fourth-order valence-corrected chi connectivity index (χ4v) is 7.13. The van der Waals surface area contributed by atoms with Crippen LogP contribution in [-0.2, 0) is 9.47 Å². The van der Waals surface area contributed by atoms with Gasteiger partial charge in [-0.1, -0.05) is 13.8 Å². The first-order valence-corrected chi connectivity index (χ1v) is 17.2. The SMILES string of the molecule is CC(C)N1[C@@H](C)CN(C(=O)OC(C)(C)C)C[C@@H]1C.CC(C)N1[C@@H](C)CNC[C@@H]1C.C[C@@H]1C[C@@H](C)CN(C(=O)OC(C)(C)C)C1. The second-order valence-electron chi connectivity index (χ2n) is 16.4. The van der Waals surface area contributed by atoms with Gasteiger partial charge in [0.15, 0.2) is 0 Å². The van der Waals surface area contributed by atoms with Crippen molar-refractivity contribution in [3.05, 3.63) is 0 Å². The molecule has 0 aromatic carbocycles. The van der Waals surface area contributed by atoms with E-state index in [9.17, 15) is 9.59 Å². The van der Waals surface area contributed by atoms with Gasteiger partial charge in [0, 0.05) is 75.5 Å². The lowest BCUT2D eigenvalue weighted by Gasteiger charge is -2.46. The Morgan fingerprint density at radius 2 is 0.909 bits per heavy atom. The third-order valence-corrected chi connectivity index (χ3v) is 8.25. The first-order valence-electron chi connectivity index (χ1n) is 17.2. The fraction of sp³-hybridized carbons (Fsp3) is 0.943. The summed E-state index contributed by atoms with van der Waals surface area (Å²) in [5.41, 5.74) is -0.806. The maximum atomic E-state index is 12.1. The number of piperidine rings is 1. The molecule has 6 atom stereocenters. The molecule has 3 fully saturated rings. The van der Waals surface area contributed by atoms with Gasteiger partial charge in [-0.3, -0.25) is 9.80 Å². The molecule has 0 aromatic rings. The van der Waals surface area contributed by atoms with Gasteiger partial charge in [0.25, 0.3) is 0 Å². The van der Waals surface area contributed by atoms with Crippen molar-refractivity contribution in [2.75, 3.05) is 39.3 Å². The van der Waals surface area contributed by atoms with Crippen molar-refractivity contribution in [1.82, 2.24) is 24.9 Å². The van der Waals surface area contributed by atoms with E-state index in [1.807, 2.05) is 51.3 Å². The quantitative estimate of drug-likeness (QED) is 0.366. The first-order chi connectivity index (χ1) is 20.0. The van der Waals surface area contributed by atoms with Crippen molar-refractivity contribution in [1.29, 1.82) is 0 Å². The Labute approximate surface area is 271 Å². The highest BCUT2D eigenvalue weighted by Gasteiger charge is 2.35. The molecule has 3 aliphatic heterocycles. The van der Waals surface area contributed by atoms with E-state index in [2.05, 4.69) is 84.4 Å². The zero-order chi connectivity index (χ0) is 34.2. The van der Waals surface area contributed by atoms with Crippen LogP contribution < -0.4 is 5.32 Å². The van der Waals surface area contributed by atoms with E-state index < -0.39 is 5.60 Å². The third-order valence-electron chi connectivity index (χ3n) is 8.25. The van der Waals surface area contributed by atoms with E-state index in [1.54, 1.807) is 0 Å². The minimum Gasteiger partial charge on any atom is -0.444 e. The summed E-state index contributed by atoms with van der Waals surface area (Å²) in [6.07, 6.45) is 0.852. The van der Waals surface area contributed by atoms with Gasteiger partial charge in [0.1, 0.15) is 11.2 Å². The van der Waals surface area contributed by atoms with Gasteiger partial charge in [-0.25, -0.2) is 9.59 Å². The predicted octanol–water partition coefficient (Wildman–Crippen LogP) is 6.70. The summed E-state index contributed by atoms with van der Waals surface area (Å²) in [6.45, 7) is 39.1. The van der Waals surface area contributed by atoms with Gasteiger partial charge >= 0.3 is 12.2 Å². The van der Waals surface area contributed by atoms with E-state index in [0.29, 0.717) is 48.1 Å². The number of amides is 2. The van der Waals surface area contributed by atoms with Crippen LogP contribution in [0.5, 0.6) is 0 Å². The Morgan fingerprint density at radius 3 is 1.20 bits per heavy atom. The highest BCUT2D eigenvalue weighted by atomic mass is 16.6. The van der Waals surface area contributed by atoms with Gasteiger partial charge in [0.2, 0.25) is 0 Å². The van der Waals surface area contributed by atoms with E-state index >= 15 is 0 Å². The number of hydrogen-bond acceptors (Lipinski definition) is 7. The van der Waals surface area contributed by atoms with Gasteiger partial charge in [-0.2, -0.15) is 0 Å². The minimum atomic E-state index is -0.418. The maximum absolute atomic E-state index is 12.1. The molecule has 44 heavy (non-hydrogen) atoms. The summed E-state index contributed by atoms with van der Waals surface area (Å²) >= 11 is 0. The zero-order valence-corrected chi connectivity index (χ0v) is 31.5. The Kier molecular flexibility index (Phi) is 16.0. The summed E-state index contributed by atoms with van der Waals surface area (Å²) in [5, 5.41) is 3.43. The summed E-state index contributed by atoms with van der Waals surface area (Å²) in [6, 6.07) is 3.33. The number of ether oxygens (including phenoxy) is 2. The van der Waals surface area contributed by atoms with E-state index in [0.717, 1.165) is 39.3 Å². The molecule has 0 saturated carbocycles. The van der Waals surface area contributed by atoms with Crippen LogP contribution in [0.1, 0.15) is 117 Å². The molecule has 0 aromatic heterocycles.